The topological polar surface area (TPSA) is 80.3 Å². The van der Waals surface area contributed by atoms with E-state index in [4.69, 9.17) is 23.7 Å². The quantitative estimate of drug-likeness (QED) is 0.304. The number of hydrogen-bond acceptors (Lipinski definition) is 7. The minimum atomic E-state index is -0.593. The SMILES string of the molecule is COc1cc(OC)cc(C(=O)Oc2ccc3c(c2C)O/C(=C\c2ccccc2OC)C3=O)c1. The number of ketones is 1. The maximum atomic E-state index is 12.9. The fourth-order valence-electron chi connectivity index (χ4n) is 3.49. The highest BCUT2D eigenvalue weighted by atomic mass is 16.5. The number of fused-ring (bicyclic) bond motifs is 1. The third-order valence-electron chi connectivity index (χ3n) is 5.25. The van der Waals surface area contributed by atoms with Gasteiger partial charge in [0.05, 0.1) is 32.5 Å². The second kappa shape index (κ2) is 9.08. The summed E-state index contributed by atoms with van der Waals surface area (Å²) < 4.78 is 27.2. The average Bonchev–Trinajstić information content (AvgIpc) is 3.16. The molecule has 1 aliphatic rings. The van der Waals surface area contributed by atoms with Crippen LogP contribution in [0.2, 0.25) is 0 Å². The van der Waals surface area contributed by atoms with Crippen molar-refractivity contribution in [3.8, 4) is 28.7 Å². The summed E-state index contributed by atoms with van der Waals surface area (Å²) >= 11 is 0. The molecule has 0 bridgehead atoms. The van der Waals surface area contributed by atoms with Crippen LogP contribution in [0.3, 0.4) is 0 Å². The Kier molecular flexibility index (Phi) is 6.04. The van der Waals surface area contributed by atoms with Gasteiger partial charge < -0.3 is 23.7 Å². The maximum Gasteiger partial charge on any atom is 0.343 e. The van der Waals surface area contributed by atoms with Gasteiger partial charge in [0, 0.05) is 17.2 Å². The molecule has 7 heteroatoms. The summed E-state index contributed by atoms with van der Waals surface area (Å²) in [5.74, 6) is 1.51. The zero-order chi connectivity index (χ0) is 23.5. The molecule has 7 nitrogen and oxygen atoms in total. The predicted octanol–water partition coefficient (Wildman–Crippen LogP) is 4.86. The highest BCUT2D eigenvalue weighted by Crippen LogP contribution is 2.40. The first kappa shape index (κ1) is 22.0. The zero-order valence-electron chi connectivity index (χ0n) is 18.6. The first-order chi connectivity index (χ1) is 15.9. The van der Waals surface area contributed by atoms with E-state index in [0.29, 0.717) is 39.7 Å². The van der Waals surface area contributed by atoms with Crippen LogP contribution < -0.4 is 23.7 Å². The predicted molar refractivity (Wildman–Crippen MR) is 122 cm³/mol. The minimum absolute atomic E-state index is 0.165. The first-order valence-electron chi connectivity index (χ1n) is 10.1. The van der Waals surface area contributed by atoms with Crippen molar-refractivity contribution in [2.45, 2.75) is 6.92 Å². The minimum Gasteiger partial charge on any atom is -0.497 e. The van der Waals surface area contributed by atoms with Crippen molar-refractivity contribution in [3.63, 3.8) is 0 Å². The fraction of sp³-hybridized carbons (Fsp3) is 0.154. The Morgan fingerprint density at radius 2 is 1.58 bits per heavy atom. The van der Waals surface area contributed by atoms with Gasteiger partial charge in [-0.25, -0.2) is 4.79 Å². The van der Waals surface area contributed by atoms with Crippen molar-refractivity contribution >= 4 is 17.8 Å². The van der Waals surface area contributed by atoms with Crippen LogP contribution in [-0.2, 0) is 0 Å². The summed E-state index contributed by atoms with van der Waals surface area (Å²) in [7, 11) is 4.56. The molecule has 3 aromatic rings. The third kappa shape index (κ3) is 4.25. The maximum absolute atomic E-state index is 12.9. The van der Waals surface area contributed by atoms with E-state index in [0.717, 1.165) is 0 Å². The van der Waals surface area contributed by atoms with E-state index in [1.807, 2.05) is 18.2 Å². The highest BCUT2D eigenvalue weighted by molar-refractivity contribution is 6.15. The van der Waals surface area contributed by atoms with Crippen LogP contribution in [0, 0.1) is 6.92 Å². The van der Waals surface area contributed by atoms with E-state index in [1.165, 1.54) is 14.2 Å². The molecule has 0 saturated carbocycles. The summed E-state index contributed by atoms with van der Waals surface area (Å²) in [6.45, 7) is 1.73. The molecule has 0 atom stereocenters. The lowest BCUT2D eigenvalue weighted by Gasteiger charge is -2.11. The molecule has 3 aromatic carbocycles. The number of rotatable bonds is 6. The number of hydrogen-bond donors (Lipinski definition) is 0. The lowest BCUT2D eigenvalue weighted by Crippen LogP contribution is -2.10. The van der Waals surface area contributed by atoms with Gasteiger partial charge in [-0.1, -0.05) is 18.2 Å². The summed E-state index contributed by atoms with van der Waals surface area (Å²) in [5, 5.41) is 0. The number of carbonyl (C=O) groups excluding carboxylic acids is 2. The second-order valence-corrected chi connectivity index (χ2v) is 7.24. The molecule has 168 valence electrons. The Bertz CT molecular complexity index is 1250. The number of carbonyl (C=O) groups is 2. The number of ether oxygens (including phenoxy) is 5. The summed E-state index contributed by atoms with van der Waals surface area (Å²) in [5.41, 5.74) is 1.91. The van der Waals surface area contributed by atoms with Gasteiger partial charge in [-0.15, -0.1) is 0 Å². The molecule has 0 N–H and O–H groups in total. The first-order valence-corrected chi connectivity index (χ1v) is 10.1. The molecule has 0 aliphatic carbocycles. The molecule has 4 rings (SSSR count). The van der Waals surface area contributed by atoms with Gasteiger partial charge in [0.15, 0.2) is 5.76 Å². The van der Waals surface area contributed by atoms with Crippen molar-refractivity contribution in [2.75, 3.05) is 21.3 Å². The molecular formula is C26H22O7. The number of allylic oxidation sites excluding steroid dienone is 1. The molecule has 0 amide bonds. The van der Waals surface area contributed by atoms with Gasteiger partial charge in [-0.2, -0.15) is 0 Å². The normalized spacial score (nSPS) is 13.3. The van der Waals surface area contributed by atoms with Crippen molar-refractivity contribution in [1.29, 1.82) is 0 Å². The van der Waals surface area contributed by atoms with Crippen LogP contribution in [0.25, 0.3) is 6.08 Å². The summed E-state index contributed by atoms with van der Waals surface area (Å²) in [6, 6.07) is 15.3. The van der Waals surface area contributed by atoms with Crippen LogP contribution in [0.4, 0.5) is 0 Å². The standard InChI is InChI=1S/C26H22O7/c1-15-21(33-26(28)17-11-18(29-2)14-19(12-17)30-3)10-9-20-24(27)23(32-25(15)20)13-16-7-5-6-8-22(16)31-4/h5-14H,1-4H3/b23-13-. The largest absolute Gasteiger partial charge is 0.497 e. The fourth-order valence-corrected chi connectivity index (χ4v) is 3.49. The molecule has 0 spiro atoms. The van der Waals surface area contributed by atoms with E-state index < -0.39 is 5.97 Å². The molecule has 0 saturated heterocycles. The number of Topliss-reactive ketones (excluding diaryl/α,β-unsaturated/α-hetero) is 1. The highest BCUT2D eigenvalue weighted by Gasteiger charge is 2.31. The molecule has 1 aliphatic heterocycles. The molecular weight excluding hydrogens is 424 g/mol. The number of benzene rings is 3. The molecule has 0 aromatic heterocycles. The lowest BCUT2D eigenvalue weighted by atomic mass is 10.1. The summed E-state index contributed by atoms with van der Waals surface area (Å²) in [4.78, 5) is 25.7. The van der Waals surface area contributed by atoms with E-state index in [9.17, 15) is 9.59 Å². The monoisotopic (exact) mass is 446 g/mol. The second-order valence-electron chi connectivity index (χ2n) is 7.24. The van der Waals surface area contributed by atoms with E-state index in [2.05, 4.69) is 0 Å². The number of esters is 1. The Hall–Kier alpha value is -4.26. The number of para-hydroxylation sites is 1. The molecule has 0 unspecified atom stereocenters. The van der Waals surface area contributed by atoms with Gasteiger partial charge in [0.1, 0.15) is 28.7 Å². The molecule has 0 fully saturated rings. The molecule has 1 heterocycles. The number of methoxy groups -OCH3 is 3. The van der Waals surface area contributed by atoms with Crippen LogP contribution >= 0.6 is 0 Å². The van der Waals surface area contributed by atoms with Crippen LogP contribution in [0.5, 0.6) is 28.7 Å². The average molecular weight is 446 g/mol. The molecule has 33 heavy (non-hydrogen) atoms. The van der Waals surface area contributed by atoms with Crippen molar-refractivity contribution < 1.29 is 33.3 Å². The summed E-state index contributed by atoms with van der Waals surface area (Å²) in [6.07, 6.45) is 1.63. The zero-order valence-corrected chi connectivity index (χ0v) is 18.6. The van der Waals surface area contributed by atoms with Gasteiger partial charge in [-0.3, -0.25) is 4.79 Å². The van der Waals surface area contributed by atoms with E-state index >= 15 is 0 Å². The Balaban J connectivity index is 1.62. The van der Waals surface area contributed by atoms with Crippen molar-refractivity contribution in [3.05, 3.63) is 82.6 Å². The van der Waals surface area contributed by atoms with Gasteiger partial charge in [0.2, 0.25) is 5.78 Å². The molecule has 0 radical (unpaired) electrons. The van der Waals surface area contributed by atoms with Crippen molar-refractivity contribution in [2.24, 2.45) is 0 Å². The van der Waals surface area contributed by atoms with Crippen LogP contribution in [0.15, 0.2) is 60.4 Å². The van der Waals surface area contributed by atoms with Crippen LogP contribution in [-0.4, -0.2) is 33.1 Å². The lowest BCUT2D eigenvalue weighted by molar-refractivity contribution is 0.0732. The van der Waals surface area contributed by atoms with Gasteiger partial charge in [-0.05, 0) is 43.3 Å². The van der Waals surface area contributed by atoms with E-state index in [1.54, 1.807) is 56.5 Å². The van der Waals surface area contributed by atoms with Gasteiger partial charge in [0.25, 0.3) is 0 Å². The Labute approximate surface area is 191 Å². The van der Waals surface area contributed by atoms with Gasteiger partial charge >= 0.3 is 5.97 Å². The van der Waals surface area contributed by atoms with Crippen molar-refractivity contribution in [1.82, 2.24) is 0 Å². The Morgan fingerprint density at radius 3 is 2.24 bits per heavy atom. The smallest absolute Gasteiger partial charge is 0.343 e. The van der Waals surface area contributed by atoms with Crippen LogP contribution in [0.1, 0.15) is 31.8 Å². The van der Waals surface area contributed by atoms with E-state index in [-0.39, 0.29) is 22.9 Å². The Morgan fingerprint density at radius 1 is 0.879 bits per heavy atom. The third-order valence-corrected chi connectivity index (χ3v) is 5.25.